The normalized spacial score (nSPS) is 13.3. The predicted molar refractivity (Wildman–Crippen MR) is 135 cm³/mol. The van der Waals surface area contributed by atoms with E-state index in [0.717, 1.165) is 3.39 Å². The van der Waals surface area contributed by atoms with Crippen LogP contribution in [0.4, 0.5) is 0 Å². The van der Waals surface area contributed by atoms with Crippen molar-refractivity contribution in [2.24, 2.45) is 5.92 Å². The first-order valence-corrected chi connectivity index (χ1v) is 13.6. The number of hydrogen-bond donors (Lipinski definition) is 0. The second kappa shape index (κ2) is 11.7. The molecule has 0 aliphatic heterocycles. The van der Waals surface area contributed by atoms with Gasteiger partial charge in [-0.3, -0.25) is 0 Å². The number of ether oxygens (including phenoxy) is 2. The van der Waals surface area contributed by atoms with E-state index in [1.807, 2.05) is 0 Å². The fourth-order valence-corrected chi connectivity index (χ4v) is 9.26. The minimum absolute atomic E-state index is 0.0580. The standard InChI is InChI=1S/C24H32Br2O3Si/c1-24(2,3)30(20-12-8-6-9-13-20,21-14-10-7-11-15-21)29-18-19(16-22(25)26)17-23(27-4)28-5/h6-16,19,23H,17-18H2,1-5H3/t19-/m0/s1. The molecule has 2 rings (SSSR count). The van der Waals surface area contributed by atoms with Crippen molar-refractivity contribution in [3.8, 4) is 0 Å². The van der Waals surface area contributed by atoms with Gasteiger partial charge in [0.15, 0.2) is 6.29 Å². The molecule has 0 bridgehead atoms. The quantitative estimate of drug-likeness (QED) is 0.273. The zero-order chi connectivity index (χ0) is 22.2. The van der Waals surface area contributed by atoms with Gasteiger partial charge in [-0.15, -0.1) is 0 Å². The van der Waals surface area contributed by atoms with Crippen LogP contribution >= 0.6 is 31.9 Å². The molecule has 30 heavy (non-hydrogen) atoms. The highest BCUT2D eigenvalue weighted by atomic mass is 79.9. The third-order valence-corrected chi connectivity index (χ3v) is 10.8. The van der Waals surface area contributed by atoms with Crippen LogP contribution in [0.1, 0.15) is 27.2 Å². The Labute approximate surface area is 199 Å². The van der Waals surface area contributed by atoms with Crippen LogP contribution in [0.5, 0.6) is 0 Å². The summed E-state index contributed by atoms with van der Waals surface area (Å²) >= 11 is 7.02. The Morgan fingerprint density at radius 3 is 1.73 bits per heavy atom. The molecule has 0 spiro atoms. The Morgan fingerprint density at radius 1 is 0.900 bits per heavy atom. The van der Waals surface area contributed by atoms with Crippen LogP contribution in [0.15, 0.2) is 70.1 Å². The fourth-order valence-electron chi connectivity index (χ4n) is 3.89. The zero-order valence-corrected chi connectivity index (χ0v) is 22.6. The molecule has 0 saturated heterocycles. The Hall–Kier alpha value is -0.763. The summed E-state index contributed by atoms with van der Waals surface area (Å²) in [7, 11) is 0.759. The maximum Gasteiger partial charge on any atom is 0.261 e. The van der Waals surface area contributed by atoms with E-state index >= 15 is 0 Å². The maximum absolute atomic E-state index is 7.06. The SMILES string of the molecule is COC(C[C@H](C=C(Br)Br)CO[Si](c1ccccc1)(c1ccccc1)C(C)(C)C)OC. The Kier molecular flexibility index (Phi) is 9.98. The largest absolute Gasteiger partial charge is 0.407 e. The van der Waals surface area contributed by atoms with Crippen LogP contribution in [0.2, 0.25) is 5.04 Å². The van der Waals surface area contributed by atoms with Crippen LogP contribution in [0, 0.1) is 5.92 Å². The smallest absolute Gasteiger partial charge is 0.261 e. The van der Waals surface area contributed by atoms with E-state index in [0.29, 0.717) is 13.0 Å². The summed E-state index contributed by atoms with van der Waals surface area (Å²) in [4.78, 5) is 0. The Morgan fingerprint density at radius 2 is 1.37 bits per heavy atom. The third kappa shape index (κ3) is 6.37. The molecule has 0 radical (unpaired) electrons. The van der Waals surface area contributed by atoms with Crippen molar-refractivity contribution in [3.05, 3.63) is 70.1 Å². The highest BCUT2D eigenvalue weighted by Crippen LogP contribution is 2.37. The summed E-state index contributed by atoms with van der Waals surface area (Å²) in [5, 5.41) is 2.50. The first kappa shape index (κ1) is 25.5. The molecule has 164 valence electrons. The molecular weight excluding hydrogens is 524 g/mol. The monoisotopic (exact) mass is 554 g/mol. The van der Waals surface area contributed by atoms with Crippen LogP contribution < -0.4 is 10.4 Å². The summed E-state index contributed by atoms with van der Waals surface area (Å²) in [6, 6.07) is 21.4. The third-order valence-electron chi connectivity index (χ3n) is 5.31. The minimum Gasteiger partial charge on any atom is -0.407 e. The number of rotatable bonds is 10. The fraction of sp³-hybridized carbons (Fsp3) is 0.417. The molecule has 0 heterocycles. The van der Waals surface area contributed by atoms with Crippen molar-refractivity contribution in [2.75, 3.05) is 20.8 Å². The first-order chi connectivity index (χ1) is 14.2. The molecule has 6 heteroatoms. The van der Waals surface area contributed by atoms with Crippen LogP contribution in [0.25, 0.3) is 0 Å². The Balaban J connectivity index is 2.50. The molecule has 3 nitrogen and oxygen atoms in total. The highest BCUT2D eigenvalue weighted by Gasteiger charge is 2.50. The summed E-state index contributed by atoms with van der Waals surface area (Å²) in [6.07, 6.45) is 2.53. The van der Waals surface area contributed by atoms with Crippen LogP contribution in [0.3, 0.4) is 0 Å². The molecule has 0 amide bonds. The number of methoxy groups -OCH3 is 2. The van der Waals surface area contributed by atoms with Gasteiger partial charge in [-0.25, -0.2) is 0 Å². The van der Waals surface area contributed by atoms with E-state index in [-0.39, 0.29) is 17.2 Å². The lowest BCUT2D eigenvalue weighted by Crippen LogP contribution is -2.66. The van der Waals surface area contributed by atoms with E-state index in [2.05, 4.69) is 119 Å². The maximum atomic E-state index is 7.06. The molecule has 0 N–H and O–H groups in total. The molecular formula is C24H32Br2O3Si. The second-order valence-electron chi connectivity index (χ2n) is 8.33. The molecule has 0 unspecified atom stereocenters. The van der Waals surface area contributed by atoms with Gasteiger partial charge in [0.25, 0.3) is 8.32 Å². The average Bonchev–Trinajstić information content (AvgIpc) is 2.72. The summed E-state index contributed by atoms with van der Waals surface area (Å²) < 4.78 is 18.9. The van der Waals surface area contributed by atoms with E-state index in [1.54, 1.807) is 14.2 Å². The van der Waals surface area contributed by atoms with Gasteiger partial charge in [-0.1, -0.05) is 87.5 Å². The Bertz CT molecular complexity index is 744. The lowest BCUT2D eigenvalue weighted by molar-refractivity contribution is -0.113. The molecule has 2 aromatic carbocycles. The molecule has 0 aromatic heterocycles. The number of hydrogen-bond acceptors (Lipinski definition) is 3. The van der Waals surface area contributed by atoms with Crippen molar-refractivity contribution in [1.29, 1.82) is 0 Å². The minimum atomic E-state index is -2.58. The first-order valence-electron chi connectivity index (χ1n) is 10.1. The lowest BCUT2D eigenvalue weighted by atomic mass is 10.1. The van der Waals surface area contributed by atoms with Crippen molar-refractivity contribution in [1.82, 2.24) is 0 Å². The van der Waals surface area contributed by atoms with E-state index in [1.165, 1.54) is 10.4 Å². The molecule has 0 aliphatic carbocycles. The number of halogens is 2. The van der Waals surface area contributed by atoms with Crippen molar-refractivity contribution in [2.45, 2.75) is 38.5 Å². The molecule has 0 saturated carbocycles. The van der Waals surface area contributed by atoms with Crippen molar-refractivity contribution in [3.63, 3.8) is 0 Å². The highest BCUT2D eigenvalue weighted by molar-refractivity contribution is 9.28. The molecule has 0 aliphatic rings. The van der Waals surface area contributed by atoms with E-state index in [9.17, 15) is 0 Å². The number of benzene rings is 2. The summed E-state index contributed by atoms with van der Waals surface area (Å²) in [5.41, 5.74) is 0. The van der Waals surface area contributed by atoms with Gasteiger partial charge >= 0.3 is 0 Å². The van der Waals surface area contributed by atoms with Gasteiger partial charge in [0.05, 0.1) is 3.39 Å². The van der Waals surface area contributed by atoms with E-state index < -0.39 is 8.32 Å². The summed E-state index contributed by atoms with van der Waals surface area (Å²) in [5.74, 6) is 0.116. The van der Waals surface area contributed by atoms with Crippen LogP contribution in [-0.4, -0.2) is 35.4 Å². The lowest BCUT2D eigenvalue weighted by Gasteiger charge is -2.43. The van der Waals surface area contributed by atoms with Gasteiger partial charge < -0.3 is 13.9 Å². The van der Waals surface area contributed by atoms with Gasteiger partial charge in [0.2, 0.25) is 0 Å². The van der Waals surface area contributed by atoms with Gasteiger partial charge in [-0.2, -0.15) is 0 Å². The van der Waals surface area contributed by atoms with Crippen molar-refractivity contribution < 1.29 is 13.9 Å². The van der Waals surface area contributed by atoms with Crippen LogP contribution in [-0.2, 0) is 13.9 Å². The molecule has 0 fully saturated rings. The average molecular weight is 556 g/mol. The van der Waals surface area contributed by atoms with E-state index in [4.69, 9.17) is 13.9 Å². The predicted octanol–water partition coefficient (Wildman–Crippen LogP) is 5.82. The summed E-state index contributed by atoms with van der Waals surface area (Å²) in [6.45, 7) is 7.43. The van der Waals surface area contributed by atoms with Crippen molar-refractivity contribution >= 4 is 50.6 Å². The van der Waals surface area contributed by atoms with Gasteiger partial charge in [0, 0.05) is 33.2 Å². The molecule has 2 aromatic rings. The topological polar surface area (TPSA) is 27.7 Å². The zero-order valence-electron chi connectivity index (χ0n) is 18.4. The van der Waals surface area contributed by atoms with Gasteiger partial charge in [0.1, 0.15) is 0 Å². The molecule has 1 atom stereocenters. The second-order valence-corrected chi connectivity index (χ2v) is 15.4. The van der Waals surface area contributed by atoms with Gasteiger partial charge in [-0.05, 0) is 47.3 Å².